The third kappa shape index (κ3) is 3.59. The van der Waals surface area contributed by atoms with Gasteiger partial charge in [-0.15, -0.1) is 0 Å². The number of piperidine rings is 1. The zero-order valence-corrected chi connectivity index (χ0v) is 15.1. The van der Waals surface area contributed by atoms with Crippen LogP contribution in [0.3, 0.4) is 0 Å². The van der Waals surface area contributed by atoms with E-state index in [1.165, 1.54) is 11.8 Å². The number of carbonyl (C=O) groups excluding carboxylic acids is 1. The quantitative estimate of drug-likeness (QED) is 0.519. The summed E-state index contributed by atoms with van der Waals surface area (Å²) in [5.74, 6) is -0.468. The molecule has 2 aromatic heterocycles. The number of nitrogen functional groups attached to an aromatic ring is 1. The molecule has 0 aliphatic carbocycles. The molecule has 3 heterocycles. The summed E-state index contributed by atoms with van der Waals surface area (Å²) in [6, 6.07) is 10.2. The third-order valence-corrected chi connectivity index (χ3v) is 5.24. The Morgan fingerprint density at radius 2 is 2.04 bits per heavy atom. The van der Waals surface area contributed by atoms with E-state index >= 15 is 0 Å². The smallest absolute Gasteiger partial charge is 0.252 e. The first-order valence-corrected chi connectivity index (χ1v) is 9.20. The highest BCUT2D eigenvalue weighted by Gasteiger charge is 2.22. The molecule has 1 aliphatic rings. The SMILES string of the molecule is NC(=O)c1cnc2[nH]ccc2c1NC1CCN(Cc2ccccc2N)CC1. The summed E-state index contributed by atoms with van der Waals surface area (Å²) in [7, 11) is 0. The number of pyridine rings is 1. The number of amides is 1. The number of nitrogens with zero attached hydrogens (tertiary/aromatic N) is 2. The van der Waals surface area contributed by atoms with Crippen LogP contribution in [0.2, 0.25) is 0 Å². The van der Waals surface area contributed by atoms with E-state index in [0.717, 1.165) is 54.9 Å². The Labute approximate surface area is 157 Å². The fourth-order valence-electron chi connectivity index (χ4n) is 3.71. The first kappa shape index (κ1) is 17.4. The Kier molecular flexibility index (Phi) is 4.68. The normalized spacial score (nSPS) is 15.9. The molecular formula is C20H24N6O. The van der Waals surface area contributed by atoms with E-state index < -0.39 is 5.91 Å². The summed E-state index contributed by atoms with van der Waals surface area (Å²) in [5, 5.41) is 4.44. The standard InChI is InChI=1S/C20H24N6O/c21-17-4-2-1-3-13(17)12-26-9-6-14(7-10-26)25-18-15-5-8-23-20(15)24-11-16(18)19(22)27/h1-5,8,11,14H,6-7,9-10,12,21H2,(H2,22,27)(H2,23,24,25). The molecule has 0 radical (unpaired) electrons. The molecule has 1 aliphatic heterocycles. The van der Waals surface area contributed by atoms with Gasteiger partial charge in [-0.1, -0.05) is 18.2 Å². The van der Waals surface area contributed by atoms with E-state index in [9.17, 15) is 4.79 Å². The number of aromatic nitrogens is 2. The lowest BCUT2D eigenvalue weighted by molar-refractivity contribution is 0.100. The van der Waals surface area contributed by atoms with Crippen LogP contribution in [0.1, 0.15) is 28.8 Å². The van der Waals surface area contributed by atoms with Crippen molar-refractivity contribution in [2.24, 2.45) is 5.73 Å². The molecule has 1 fully saturated rings. The van der Waals surface area contributed by atoms with Gasteiger partial charge in [-0.25, -0.2) is 4.98 Å². The second-order valence-electron chi connectivity index (χ2n) is 7.04. The summed E-state index contributed by atoms with van der Waals surface area (Å²) in [5.41, 5.74) is 15.6. The topological polar surface area (TPSA) is 113 Å². The predicted molar refractivity (Wildman–Crippen MR) is 107 cm³/mol. The molecule has 1 amide bonds. The summed E-state index contributed by atoms with van der Waals surface area (Å²) in [6.45, 7) is 2.81. The first-order chi connectivity index (χ1) is 13.1. The van der Waals surface area contributed by atoms with Crippen LogP contribution in [0.15, 0.2) is 42.7 Å². The van der Waals surface area contributed by atoms with Crippen molar-refractivity contribution < 1.29 is 4.79 Å². The van der Waals surface area contributed by atoms with Gasteiger partial charge in [0.05, 0.1) is 11.3 Å². The van der Waals surface area contributed by atoms with Gasteiger partial charge < -0.3 is 21.8 Å². The first-order valence-electron chi connectivity index (χ1n) is 9.20. The van der Waals surface area contributed by atoms with Gasteiger partial charge in [0, 0.05) is 49.1 Å². The number of hydrogen-bond donors (Lipinski definition) is 4. The van der Waals surface area contributed by atoms with Crippen LogP contribution in [0.25, 0.3) is 11.0 Å². The van der Waals surface area contributed by atoms with Gasteiger partial charge in [0.25, 0.3) is 5.91 Å². The number of rotatable bonds is 5. The molecule has 1 saturated heterocycles. The number of carbonyl (C=O) groups is 1. The minimum atomic E-state index is -0.468. The van der Waals surface area contributed by atoms with E-state index in [0.29, 0.717) is 5.56 Å². The molecule has 4 rings (SSSR count). The van der Waals surface area contributed by atoms with Crippen LogP contribution in [-0.4, -0.2) is 39.9 Å². The molecule has 1 aromatic carbocycles. The summed E-state index contributed by atoms with van der Waals surface area (Å²) in [6.07, 6.45) is 5.33. The summed E-state index contributed by atoms with van der Waals surface area (Å²) < 4.78 is 0. The minimum Gasteiger partial charge on any atom is -0.398 e. The van der Waals surface area contributed by atoms with Gasteiger partial charge in [0.2, 0.25) is 0 Å². The fraction of sp³-hybridized carbons (Fsp3) is 0.300. The van der Waals surface area contributed by atoms with Gasteiger partial charge >= 0.3 is 0 Å². The molecular weight excluding hydrogens is 340 g/mol. The van der Waals surface area contributed by atoms with E-state index in [1.54, 1.807) is 0 Å². The number of likely N-dealkylation sites (tertiary alicyclic amines) is 1. The second kappa shape index (κ2) is 7.28. The van der Waals surface area contributed by atoms with Crippen LogP contribution in [0.5, 0.6) is 0 Å². The molecule has 7 heteroatoms. The average Bonchev–Trinajstić information content (AvgIpc) is 3.14. The van der Waals surface area contributed by atoms with Crippen LogP contribution in [0.4, 0.5) is 11.4 Å². The molecule has 140 valence electrons. The van der Waals surface area contributed by atoms with Crippen LogP contribution >= 0.6 is 0 Å². The Morgan fingerprint density at radius 1 is 1.26 bits per heavy atom. The fourth-order valence-corrected chi connectivity index (χ4v) is 3.71. The van der Waals surface area contributed by atoms with E-state index in [4.69, 9.17) is 11.5 Å². The number of primary amides is 1. The Balaban J connectivity index is 1.45. The van der Waals surface area contributed by atoms with E-state index in [1.807, 2.05) is 30.5 Å². The number of H-pyrrole nitrogens is 1. The van der Waals surface area contributed by atoms with Gasteiger partial charge in [0.15, 0.2) is 0 Å². The Bertz CT molecular complexity index is 958. The molecule has 0 atom stereocenters. The number of para-hydroxylation sites is 1. The Morgan fingerprint density at radius 3 is 2.78 bits per heavy atom. The van der Waals surface area contributed by atoms with Gasteiger partial charge in [-0.3, -0.25) is 9.69 Å². The molecule has 0 spiro atoms. The highest BCUT2D eigenvalue weighted by atomic mass is 16.1. The predicted octanol–water partition coefficient (Wildman–Crippen LogP) is 2.32. The largest absolute Gasteiger partial charge is 0.398 e. The van der Waals surface area contributed by atoms with Crippen molar-refractivity contribution in [3.8, 4) is 0 Å². The number of nitrogens with one attached hydrogen (secondary N) is 2. The monoisotopic (exact) mass is 364 g/mol. The van der Waals surface area contributed by atoms with Crippen LogP contribution in [-0.2, 0) is 6.54 Å². The maximum absolute atomic E-state index is 11.8. The number of aromatic amines is 1. The molecule has 0 saturated carbocycles. The lowest BCUT2D eigenvalue weighted by Gasteiger charge is -2.33. The lowest BCUT2D eigenvalue weighted by Crippen LogP contribution is -2.39. The molecule has 27 heavy (non-hydrogen) atoms. The highest BCUT2D eigenvalue weighted by molar-refractivity contribution is 6.05. The summed E-state index contributed by atoms with van der Waals surface area (Å²) in [4.78, 5) is 21.6. The van der Waals surface area contributed by atoms with Crippen LogP contribution < -0.4 is 16.8 Å². The van der Waals surface area contributed by atoms with Crippen molar-refractivity contribution in [2.75, 3.05) is 24.1 Å². The minimum absolute atomic E-state index is 0.285. The molecule has 7 nitrogen and oxygen atoms in total. The number of fused-ring (bicyclic) bond motifs is 1. The maximum Gasteiger partial charge on any atom is 0.252 e. The van der Waals surface area contributed by atoms with Gasteiger partial charge in [-0.05, 0) is 30.5 Å². The second-order valence-corrected chi connectivity index (χ2v) is 7.04. The number of benzene rings is 1. The van der Waals surface area contributed by atoms with Crippen molar-refractivity contribution in [1.82, 2.24) is 14.9 Å². The third-order valence-electron chi connectivity index (χ3n) is 5.24. The van der Waals surface area contributed by atoms with Crippen LogP contribution in [0, 0.1) is 0 Å². The van der Waals surface area contributed by atoms with E-state index in [2.05, 4.69) is 26.3 Å². The average molecular weight is 364 g/mol. The Hall–Kier alpha value is -3.06. The van der Waals surface area contributed by atoms with Crippen molar-refractivity contribution in [3.05, 3.63) is 53.9 Å². The number of anilines is 2. The molecule has 3 aromatic rings. The highest BCUT2D eigenvalue weighted by Crippen LogP contribution is 2.28. The maximum atomic E-state index is 11.8. The molecule has 0 unspecified atom stereocenters. The molecule has 6 N–H and O–H groups in total. The van der Waals surface area contributed by atoms with Gasteiger partial charge in [0.1, 0.15) is 5.65 Å². The number of hydrogen-bond acceptors (Lipinski definition) is 5. The lowest BCUT2D eigenvalue weighted by atomic mass is 10.0. The van der Waals surface area contributed by atoms with Gasteiger partial charge in [-0.2, -0.15) is 0 Å². The van der Waals surface area contributed by atoms with Crippen molar-refractivity contribution >= 4 is 28.3 Å². The van der Waals surface area contributed by atoms with E-state index in [-0.39, 0.29) is 6.04 Å². The molecule has 0 bridgehead atoms. The van der Waals surface area contributed by atoms with Crippen molar-refractivity contribution in [2.45, 2.75) is 25.4 Å². The zero-order chi connectivity index (χ0) is 18.8. The van der Waals surface area contributed by atoms with Crippen molar-refractivity contribution in [1.29, 1.82) is 0 Å². The number of nitrogens with two attached hydrogens (primary N) is 2. The van der Waals surface area contributed by atoms with Crippen molar-refractivity contribution in [3.63, 3.8) is 0 Å². The summed E-state index contributed by atoms with van der Waals surface area (Å²) >= 11 is 0. The zero-order valence-electron chi connectivity index (χ0n) is 15.1.